The van der Waals surface area contributed by atoms with E-state index in [0.717, 1.165) is 135 Å². The predicted octanol–water partition coefficient (Wildman–Crippen LogP) is 17.9. The standard InChI is InChI=1S/C23H36O7.C21H30O7.C16H26O3.C14H20O3.C13H24O2.C11H18O2/c1-7-23(5,6)21(25)29-16-14-15(26-18(16)24)17-20(27-14)30-19(28-17)12-8-10-13(11-9-12)22(2,3)4;1-10(2)17(22)25-15-13-14(24-18(15)23)16-20(26-13)28-19(27-16)11-6-8-12(9-7-11)21(3,4)5;1-4-14(2,3)13(17)19-16-8-11-5-12(9-16)7-15(18,6-11)10-16;1-9(2)12(15)17-14-6-10-3-11(7-14)5-13(16,4-10)8-14;1-5-10-8-7-9-11(10)15-12(14)13(3,4)6-2;1-4-11(7-5-6-8-11)13-10(12)9(2)3/h12-17,19-20H,7-11H2,1-6H3;11-16,19-20H,1,6-9H2,2-5H3;11-12,18H,4-10H2,1-3H3;10-11,16H,1,3-8H2,2H3;10-11H,5-9H2,1-4H3;2,4-8H2,1,3H3/t12?,13?,14-,15-,16-,17+,19?,20+;11?,12?,13-,14-,15-,16+,19?,20+;;;;/m00..../s1. The number of hydrogen-bond acceptors (Lipinski definition) is 24. The molecule has 6 aliphatic heterocycles. The Bertz CT molecular complexity index is 3710. The molecule has 0 spiro atoms. The molecule has 18 aliphatic rings. The van der Waals surface area contributed by atoms with Crippen LogP contribution in [0.2, 0.25) is 0 Å². The average molecular weight is 1720 g/mol. The molecule has 0 amide bonds. The van der Waals surface area contributed by atoms with Gasteiger partial charge in [-0.3, -0.25) is 14.4 Å². The van der Waals surface area contributed by atoms with Gasteiger partial charge in [-0.05, 0) is 307 Å². The minimum atomic E-state index is -1.10. The highest BCUT2D eigenvalue weighted by atomic mass is 16.9. The van der Waals surface area contributed by atoms with E-state index >= 15 is 0 Å². The van der Waals surface area contributed by atoms with Gasteiger partial charge < -0.3 is 76.5 Å². The molecule has 122 heavy (non-hydrogen) atoms. The van der Waals surface area contributed by atoms with Crippen LogP contribution in [0.1, 0.15) is 344 Å². The number of aliphatic hydroxyl groups is 2. The Morgan fingerprint density at radius 1 is 0.410 bits per heavy atom. The van der Waals surface area contributed by atoms with Gasteiger partial charge >= 0.3 is 47.8 Å². The van der Waals surface area contributed by atoms with Crippen molar-refractivity contribution in [1.82, 2.24) is 0 Å². The Kier molecular flexibility index (Phi) is 30.4. The molecule has 6 heterocycles. The van der Waals surface area contributed by atoms with Crippen molar-refractivity contribution in [3.05, 3.63) is 36.5 Å². The zero-order valence-corrected chi connectivity index (χ0v) is 77.8. The number of esters is 8. The fraction of sp³-hybridized carbons (Fsp3) is 0.857. The third kappa shape index (κ3) is 22.5. The number of ether oxygens (including phenoxy) is 14. The molecule has 18 atom stereocenters. The molecule has 0 aromatic carbocycles. The summed E-state index contributed by atoms with van der Waals surface area (Å²) in [6.45, 7) is 51.1. The lowest BCUT2D eigenvalue weighted by Gasteiger charge is -2.59. The molecule has 12 aliphatic carbocycles. The van der Waals surface area contributed by atoms with Crippen LogP contribution in [-0.4, -0.2) is 166 Å². The largest absolute Gasteiger partial charge is 0.462 e. The quantitative estimate of drug-likeness (QED) is 0.0689. The number of fused-ring (bicyclic) bond motifs is 6. The van der Waals surface area contributed by atoms with E-state index in [-0.39, 0.29) is 64.8 Å². The molecule has 18 fully saturated rings. The normalized spacial score (nSPS) is 38.8. The Balaban J connectivity index is 0.000000147. The highest BCUT2D eigenvalue weighted by molar-refractivity contribution is 5.90. The topological polar surface area (TPSA) is 306 Å². The molecule has 2 N–H and O–H groups in total. The first-order chi connectivity index (χ1) is 56.9. The van der Waals surface area contributed by atoms with Crippen LogP contribution < -0.4 is 0 Å². The van der Waals surface area contributed by atoms with Crippen molar-refractivity contribution in [2.45, 2.75) is 452 Å². The molecule has 0 aromatic rings. The van der Waals surface area contributed by atoms with Crippen LogP contribution in [0.15, 0.2) is 36.5 Å². The van der Waals surface area contributed by atoms with Crippen LogP contribution >= 0.6 is 0 Å². The van der Waals surface area contributed by atoms with Crippen molar-refractivity contribution in [2.24, 2.45) is 80.3 Å². The summed E-state index contributed by atoms with van der Waals surface area (Å²) in [5.41, 5.74) is -1.63. The second kappa shape index (κ2) is 38.1. The Morgan fingerprint density at radius 2 is 0.779 bits per heavy atom. The number of rotatable bonds is 19. The van der Waals surface area contributed by atoms with Crippen molar-refractivity contribution >= 4 is 47.8 Å². The Morgan fingerprint density at radius 3 is 1.15 bits per heavy atom. The van der Waals surface area contributed by atoms with Gasteiger partial charge in [0, 0.05) is 41.4 Å². The van der Waals surface area contributed by atoms with E-state index < -0.39 is 113 Å². The van der Waals surface area contributed by atoms with Gasteiger partial charge in [0.05, 0.1) is 27.4 Å². The van der Waals surface area contributed by atoms with Crippen molar-refractivity contribution < 1.29 is 115 Å². The van der Waals surface area contributed by atoms with Crippen LogP contribution in [0, 0.1) is 80.3 Å². The van der Waals surface area contributed by atoms with Crippen molar-refractivity contribution in [3.8, 4) is 0 Å². The van der Waals surface area contributed by atoms with Crippen molar-refractivity contribution in [2.75, 3.05) is 0 Å². The lowest BCUT2D eigenvalue weighted by atomic mass is 9.52. The van der Waals surface area contributed by atoms with Crippen molar-refractivity contribution in [3.63, 3.8) is 0 Å². The van der Waals surface area contributed by atoms with Crippen LogP contribution in [0.25, 0.3) is 0 Å². The molecule has 8 bridgehead atoms. The fourth-order valence-corrected chi connectivity index (χ4v) is 22.9. The highest BCUT2D eigenvalue weighted by Gasteiger charge is 2.67. The molecule has 24 nitrogen and oxygen atoms in total. The smallest absolute Gasteiger partial charge is 0.350 e. The maximum atomic E-state index is 12.4. The number of carbonyl (C=O) groups excluding carboxylic acids is 8. The molecule has 24 heteroatoms. The van der Waals surface area contributed by atoms with E-state index in [1.165, 1.54) is 58.3 Å². The minimum absolute atomic E-state index is 0.0182. The Labute approximate surface area is 727 Å². The summed E-state index contributed by atoms with van der Waals surface area (Å²) in [7, 11) is 0. The third-order valence-corrected chi connectivity index (χ3v) is 31.1. The summed E-state index contributed by atoms with van der Waals surface area (Å²) < 4.78 is 80.6. The van der Waals surface area contributed by atoms with E-state index in [1.807, 2.05) is 48.5 Å². The maximum Gasteiger partial charge on any atom is 0.350 e. The van der Waals surface area contributed by atoms with Gasteiger partial charge in [-0.2, -0.15) is 0 Å². The van der Waals surface area contributed by atoms with E-state index in [0.29, 0.717) is 94.5 Å². The monoisotopic (exact) mass is 1720 g/mol. The molecule has 6 saturated heterocycles. The van der Waals surface area contributed by atoms with E-state index in [9.17, 15) is 48.6 Å². The third-order valence-electron chi connectivity index (χ3n) is 31.1. The molecule has 0 radical (unpaired) electrons. The van der Waals surface area contributed by atoms with Gasteiger partial charge in [0.25, 0.3) is 0 Å². The van der Waals surface area contributed by atoms with Crippen molar-refractivity contribution in [1.29, 1.82) is 0 Å². The molecule has 18 rings (SSSR count). The molecule has 0 aromatic heterocycles. The lowest BCUT2D eigenvalue weighted by Crippen LogP contribution is -2.61. The second-order valence-electron chi connectivity index (χ2n) is 44.3. The molecule has 8 unspecified atom stereocenters. The molecule has 690 valence electrons. The van der Waals surface area contributed by atoms with Gasteiger partial charge in [-0.1, -0.05) is 95.9 Å². The average Bonchev–Trinajstić information content (AvgIpc) is 1.17. The van der Waals surface area contributed by atoms with Gasteiger partial charge in [0.2, 0.25) is 12.2 Å². The molecular weight excluding hydrogens is 1560 g/mol. The molecule has 12 saturated carbocycles. The number of carbonyl (C=O) groups is 8. The zero-order chi connectivity index (χ0) is 89.6. The van der Waals surface area contributed by atoms with Gasteiger partial charge in [0.15, 0.2) is 49.6 Å². The van der Waals surface area contributed by atoms with E-state index in [4.69, 9.17) is 66.3 Å². The van der Waals surface area contributed by atoms with Crippen LogP contribution in [0.5, 0.6) is 0 Å². The minimum Gasteiger partial charge on any atom is -0.462 e. The highest BCUT2D eigenvalue weighted by Crippen LogP contribution is 2.61. The first kappa shape index (κ1) is 97.3. The maximum absolute atomic E-state index is 12.4. The summed E-state index contributed by atoms with van der Waals surface area (Å²) in [5.74, 6) is 2.00. The lowest BCUT2D eigenvalue weighted by molar-refractivity contribution is -0.225. The molecular formula is C98H154O24. The fourth-order valence-electron chi connectivity index (χ4n) is 22.9. The van der Waals surface area contributed by atoms with Crippen LogP contribution in [0.3, 0.4) is 0 Å². The first-order valence-electron chi connectivity index (χ1n) is 47.0. The van der Waals surface area contributed by atoms with Gasteiger partial charge in [0.1, 0.15) is 35.1 Å². The first-order valence-corrected chi connectivity index (χ1v) is 47.0. The second-order valence-corrected chi connectivity index (χ2v) is 44.3. The summed E-state index contributed by atoms with van der Waals surface area (Å²) in [6, 6.07) is 0. The number of hydrogen-bond donors (Lipinski definition) is 2. The Hall–Kier alpha value is -5.34. The summed E-state index contributed by atoms with van der Waals surface area (Å²) in [6.07, 6.45) is 24.9. The summed E-state index contributed by atoms with van der Waals surface area (Å²) in [4.78, 5) is 96.1. The van der Waals surface area contributed by atoms with Gasteiger partial charge in [-0.25, -0.2) is 24.0 Å². The van der Waals surface area contributed by atoms with Crippen LogP contribution in [0.4, 0.5) is 0 Å². The van der Waals surface area contributed by atoms with Crippen LogP contribution in [-0.2, 0) is 105 Å². The van der Waals surface area contributed by atoms with E-state index in [2.05, 4.69) is 75.1 Å². The van der Waals surface area contributed by atoms with E-state index in [1.54, 1.807) is 27.7 Å². The zero-order valence-electron chi connectivity index (χ0n) is 77.8. The van der Waals surface area contributed by atoms with Gasteiger partial charge in [-0.15, -0.1) is 0 Å². The summed E-state index contributed by atoms with van der Waals surface area (Å²) in [5, 5.41) is 21.2. The SMILES string of the molecule is C=C(C)C(=O)OC1(CC)CCCC1.C=C(C)C(=O)OC12CC3CC(CC(O)(C3)C1)C2.C=C(C)C(=O)O[C@@H]1C(=O)O[C@@H]2[C@H]3OC(C4CCC(C(C)(C)C)CC4)O[C@H]3O[C@@H]21.CCC(C)(C)C(=O)OC12CC3CC(CC(O)(C3)C1)C2.CCC(C)(C)C(=O)O[C@@H]1C(=O)O[C@@H]2[C@H]3OC(C4CCC(C(C)(C)C)CC4)O[C@H]3O[C@@H]21.CCC1CCCC1OC(=O)C(C)(C)CC. The predicted molar refractivity (Wildman–Crippen MR) is 455 cm³/mol. The summed E-state index contributed by atoms with van der Waals surface area (Å²) >= 11 is 0.